The first-order valence-corrected chi connectivity index (χ1v) is 6.97. The topological polar surface area (TPSA) is 76.3 Å². The van der Waals surface area contributed by atoms with Gasteiger partial charge in [-0.25, -0.2) is 4.79 Å². The Morgan fingerprint density at radius 3 is 2.52 bits per heavy atom. The smallest absolute Gasteiger partial charge is 0.330 e. The number of hydrogen-bond donors (Lipinski definition) is 1. The fraction of sp³-hybridized carbons (Fsp3) is 0.643. The van der Waals surface area contributed by atoms with Gasteiger partial charge in [0, 0.05) is 46.3 Å². The Morgan fingerprint density at radius 1 is 1.33 bits per heavy atom. The lowest BCUT2D eigenvalue weighted by Gasteiger charge is -2.18. The largest absolute Gasteiger partial charge is 0.341 e. The van der Waals surface area contributed by atoms with Crippen molar-refractivity contribution in [1.29, 1.82) is 0 Å². The zero-order chi connectivity index (χ0) is 16.2. The molecule has 0 aliphatic rings. The molecule has 0 radical (unpaired) electrons. The minimum absolute atomic E-state index is 0.0425. The number of nitrogens with one attached hydrogen (secondary N) is 1. The molecule has 118 valence electrons. The molecule has 0 aliphatic heterocycles. The van der Waals surface area contributed by atoms with Crippen LogP contribution in [0.2, 0.25) is 0 Å². The van der Waals surface area contributed by atoms with E-state index in [2.05, 4.69) is 5.32 Å². The Labute approximate surface area is 124 Å². The van der Waals surface area contributed by atoms with E-state index >= 15 is 0 Å². The van der Waals surface area contributed by atoms with E-state index in [-0.39, 0.29) is 23.7 Å². The highest BCUT2D eigenvalue weighted by Gasteiger charge is 2.13. The van der Waals surface area contributed by atoms with E-state index in [1.807, 2.05) is 13.8 Å². The van der Waals surface area contributed by atoms with Crippen LogP contribution in [0.3, 0.4) is 0 Å². The lowest BCUT2D eigenvalue weighted by Crippen LogP contribution is -2.40. The van der Waals surface area contributed by atoms with Gasteiger partial charge in [-0.2, -0.15) is 0 Å². The van der Waals surface area contributed by atoms with E-state index in [0.717, 1.165) is 4.57 Å². The molecule has 0 fully saturated rings. The Kier molecular flexibility index (Phi) is 5.90. The van der Waals surface area contributed by atoms with Crippen LogP contribution in [-0.2, 0) is 25.4 Å². The quantitative estimate of drug-likeness (QED) is 0.763. The van der Waals surface area contributed by atoms with Crippen molar-refractivity contribution in [3.05, 3.63) is 32.6 Å². The summed E-state index contributed by atoms with van der Waals surface area (Å²) in [6, 6.07) is 0.332. The van der Waals surface area contributed by atoms with Gasteiger partial charge in [0.25, 0.3) is 5.56 Å². The minimum atomic E-state index is -0.376. The third kappa shape index (κ3) is 4.56. The first-order valence-electron chi connectivity index (χ1n) is 6.97. The zero-order valence-electron chi connectivity index (χ0n) is 13.3. The van der Waals surface area contributed by atoms with Crippen LogP contribution in [0.5, 0.6) is 0 Å². The summed E-state index contributed by atoms with van der Waals surface area (Å²) in [7, 11) is 4.67. The normalized spacial score (nSPS) is 11.0. The highest BCUT2D eigenvalue weighted by Crippen LogP contribution is 1.98. The molecule has 0 saturated heterocycles. The lowest BCUT2D eigenvalue weighted by molar-refractivity contribution is -0.130. The molecule has 0 aromatic carbocycles. The molecule has 0 unspecified atom stereocenters. The number of amides is 1. The van der Waals surface area contributed by atoms with Crippen molar-refractivity contribution in [3.63, 3.8) is 0 Å². The fourth-order valence-electron chi connectivity index (χ4n) is 1.99. The van der Waals surface area contributed by atoms with Crippen molar-refractivity contribution in [2.24, 2.45) is 14.1 Å². The van der Waals surface area contributed by atoms with Gasteiger partial charge in [-0.3, -0.25) is 14.2 Å². The standard InChI is InChI=1S/C14H24N4O3/c1-10(2)15-7-6-12(19)16(3)8-11-9-17(4)14(21)18(5)13(11)20/h9-10,15H,6-8H2,1-5H3. The average molecular weight is 296 g/mol. The lowest BCUT2D eigenvalue weighted by atomic mass is 10.2. The number of nitrogens with zero attached hydrogens (tertiary/aromatic N) is 3. The summed E-state index contributed by atoms with van der Waals surface area (Å²) in [6.07, 6.45) is 1.86. The second kappa shape index (κ2) is 7.21. The van der Waals surface area contributed by atoms with Crippen LogP contribution in [0, 0.1) is 0 Å². The fourth-order valence-corrected chi connectivity index (χ4v) is 1.99. The van der Waals surface area contributed by atoms with Crippen LogP contribution in [0.1, 0.15) is 25.8 Å². The molecule has 0 saturated carbocycles. The summed E-state index contributed by atoms with van der Waals surface area (Å²) in [6.45, 7) is 4.83. The van der Waals surface area contributed by atoms with Gasteiger partial charge in [0.1, 0.15) is 0 Å². The predicted molar refractivity (Wildman–Crippen MR) is 81.2 cm³/mol. The van der Waals surface area contributed by atoms with Gasteiger partial charge in [-0.05, 0) is 0 Å². The maximum Gasteiger partial charge on any atom is 0.330 e. The molecule has 7 heteroatoms. The van der Waals surface area contributed by atoms with Crippen molar-refractivity contribution < 1.29 is 4.79 Å². The molecule has 1 aromatic heterocycles. The Hall–Kier alpha value is -1.89. The summed E-state index contributed by atoms with van der Waals surface area (Å²) in [5.74, 6) is -0.0425. The minimum Gasteiger partial charge on any atom is -0.341 e. The summed E-state index contributed by atoms with van der Waals surface area (Å²) < 4.78 is 2.39. The number of carbonyl (C=O) groups excluding carboxylic acids is 1. The Morgan fingerprint density at radius 2 is 1.95 bits per heavy atom. The van der Waals surface area contributed by atoms with Gasteiger partial charge in [0.15, 0.2) is 0 Å². The third-order valence-electron chi connectivity index (χ3n) is 3.24. The van der Waals surface area contributed by atoms with E-state index < -0.39 is 0 Å². The van der Waals surface area contributed by atoms with Crippen LogP contribution in [-0.4, -0.2) is 39.6 Å². The summed E-state index contributed by atoms with van der Waals surface area (Å²) in [4.78, 5) is 37.1. The van der Waals surface area contributed by atoms with E-state index in [4.69, 9.17) is 0 Å². The van der Waals surface area contributed by atoms with Crippen molar-refractivity contribution in [1.82, 2.24) is 19.4 Å². The number of carbonyl (C=O) groups is 1. The number of rotatable bonds is 6. The van der Waals surface area contributed by atoms with Crippen molar-refractivity contribution in [2.45, 2.75) is 32.9 Å². The number of aryl methyl sites for hydroxylation is 1. The van der Waals surface area contributed by atoms with Gasteiger partial charge >= 0.3 is 5.69 Å². The molecular weight excluding hydrogens is 272 g/mol. The SMILES string of the molecule is CC(C)NCCC(=O)N(C)Cc1cn(C)c(=O)n(C)c1=O. The molecule has 1 amide bonds. The van der Waals surface area contributed by atoms with E-state index in [1.54, 1.807) is 14.1 Å². The van der Waals surface area contributed by atoms with Crippen LogP contribution < -0.4 is 16.6 Å². The first kappa shape index (κ1) is 17.2. The predicted octanol–water partition coefficient (Wildman–Crippen LogP) is -0.569. The van der Waals surface area contributed by atoms with Crippen molar-refractivity contribution >= 4 is 5.91 Å². The molecule has 0 aliphatic carbocycles. The third-order valence-corrected chi connectivity index (χ3v) is 3.24. The molecule has 0 atom stereocenters. The van der Waals surface area contributed by atoms with E-state index in [9.17, 15) is 14.4 Å². The molecule has 1 aromatic rings. The van der Waals surface area contributed by atoms with Gasteiger partial charge in [-0.15, -0.1) is 0 Å². The van der Waals surface area contributed by atoms with Crippen LogP contribution in [0.15, 0.2) is 15.8 Å². The maximum absolute atomic E-state index is 12.0. The van der Waals surface area contributed by atoms with Gasteiger partial charge < -0.3 is 14.8 Å². The number of hydrogen-bond acceptors (Lipinski definition) is 4. The summed E-state index contributed by atoms with van der Waals surface area (Å²) >= 11 is 0. The molecule has 0 bridgehead atoms. The van der Waals surface area contributed by atoms with Crippen LogP contribution in [0.4, 0.5) is 0 Å². The second-order valence-corrected chi connectivity index (χ2v) is 5.52. The monoisotopic (exact) mass is 296 g/mol. The zero-order valence-corrected chi connectivity index (χ0v) is 13.3. The second-order valence-electron chi connectivity index (χ2n) is 5.52. The van der Waals surface area contributed by atoms with E-state index in [0.29, 0.717) is 24.6 Å². The number of aromatic nitrogens is 2. The molecule has 21 heavy (non-hydrogen) atoms. The highest BCUT2D eigenvalue weighted by atomic mass is 16.2. The molecular formula is C14H24N4O3. The van der Waals surface area contributed by atoms with Crippen molar-refractivity contribution in [2.75, 3.05) is 13.6 Å². The molecule has 1 heterocycles. The van der Waals surface area contributed by atoms with Gasteiger partial charge in [0.05, 0.1) is 12.1 Å². The van der Waals surface area contributed by atoms with Gasteiger partial charge in [-0.1, -0.05) is 13.8 Å². The maximum atomic E-state index is 12.0. The Balaban J connectivity index is 2.75. The molecule has 7 nitrogen and oxygen atoms in total. The molecule has 0 spiro atoms. The van der Waals surface area contributed by atoms with Crippen molar-refractivity contribution in [3.8, 4) is 0 Å². The highest BCUT2D eigenvalue weighted by molar-refractivity contribution is 5.76. The van der Waals surface area contributed by atoms with E-state index in [1.165, 1.54) is 22.7 Å². The molecule has 1 N–H and O–H groups in total. The Bertz CT molecular complexity index is 616. The van der Waals surface area contributed by atoms with Crippen LogP contribution in [0.25, 0.3) is 0 Å². The molecule has 1 rings (SSSR count). The average Bonchev–Trinajstić information content (AvgIpc) is 2.41. The van der Waals surface area contributed by atoms with Crippen LogP contribution >= 0.6 is 0 Å². The summed E-state index contributed by atoms with van der Waals surface area (Å²) in [5.41, 5.74) is -0.316. The summed E-state index contributed by atoms with van der Waals surface area (Å²) in [5, 5.41) is 3.17. The first-order chi connectivity index (χ1) is 9.73. The van der Waals surface area contributed by atoms with Gasteiger partial charge in [0.2, 0.25) is 5.91 Å².